The molecule has 5 rings (SSSR count). The quantitative estimate of drug-likeness (QED) is 0.322. The van der Waals surface area contributed by atoms with E-state index in [4.69, 9.17) is 5.73 Å². The molecule has 176 valence electrons. The van der Waals surface area contributed by atoms with Crippen LogP contribution in [0.5, 0.6) is 5.75 Å². The van der Waals surface area contributed by atoms with Gasteiger partial charge in [0.2, 0.25) is 0 Å². The van der Waals surface area contributed by atoms with Gasteiger partial charge in [-0.15, -0.1) is 5.10 Å². The normalized spacial score (nSPS) is 16.5. The third-order valence-electron chi connectivity index (χ3n) is 6.78. The zero-order valence-corrected chi connectivity index (χ0v) is 19.0. The van der Waals surface area contributed by atoms with Crippen molar-refractivity contribution in [2.24, 2.45) is 11.7 Å². The van der Waals surface area contributed by atoms with Gasteiger partial charge in [-0.1, -0.05) is 35.5 Å². The van der Waals surface area contributed by atoms with Crippen LogP contribution in [0.2, 0.25) is 0 Å². The number of nitrogens with two attached hydrogens (primary N) is 1. The molecule has 1 fully saturated rings. The number of ketones is 1. The number of Topliss-reactive ketones (excluding diaryl/α,β-unsaturated/α-hetero) is 1. The van der Waals surface area contributed by atoms with Crippen molar-refractivity contribution in [1.29, 1.82) is 0 Å². The van der Waals surface area contributed by atoms with Crippen molar-refractivity contribution >= 4 is 16.7 Å². The highest BCUT2D eigenvalue weighted by molar-refractivity contribution is 5.87. The number of aromatic hydroxyl groups is 1. The van der Waals surface area contributed by atoms with Gasteiger partial charge in [0.25, 0.3) is 0 Å². The van der Waals surface area contributed by atoms with Crippen LogP contribution in [0.15, 0.2) is 60.9 Å². The van der Waals surface area contributed by atoms with Crippen LogP contribution in [0.3, 0.4) is 0 Å². The topological polar surface area (TPSA) is 122 Å². The second-order valence-electron chi connectivity index (χ2n) is 9.11. The molecule has 1 saturated heterocycles. The number of phenolic OH excluding ortho intramolecular Hbond substituents is 1. The Balaban J connectivity index is 1.41. The Labute approximate surface area is 198 Å². The molecule has 0 radical (unpaired) electrons. The lowest BCUT2D eigenvalue weighted by atomic mass is 9.87. The van der Waals surface area contributed by atoms with Crippen LogP contribution < -0.4 is 11.1 Å². The van der Waals surface area contributed by atoms with Crippen LogP contribution in [0.25, 0.3) is 10.9 Å². The summed E-state index contributed by atoms with van der Waals surface area (Å²) < 4.78 is 1.71. The molecular weight excluding hydrogens is 428 g/mol. The Morgan fingerprint density at radius 2 is 1.88 bits per heavy atom. The van der Waals surface area contributed by atoms with E-state index in [1.165, 1.54) is 0 Å². The number of rotatable bonds is 8. The molecule has 3 heterocycles. The van der Waals surface area contributed by atoms with E-state index in [2.05, 4.69) is 26.7 Å². The van der Waals surface area contributed by atoms with Gasteiger partial charge in [0, 0.05) is 29.4 Å². The molecule has 0 spiro atoms. The average molecular weight is 459 g/mol. The third kappa shape index (κ3) is 4.73. The van der Waals surface area contributed by atoms with Crippen molar-refractivity contribution in [2.75, 3.05) is 13.1 Å². The maximum Gasteiger partial charge on any atom is 0.160 e. The van der Waals surface area contributed by atoms with Gasteiger partial charge in [0.05, 0.1) is 17.9 Å². The molecule has 0 aliphatic carbocycles. The lowest BCUT2D eigenvalue weighted by Gasteiger charge is -2.26. The van der Waals surface area contributed by atoms with E-state index in [1.54, 1.807) is 16.8 Å². The monoisotopic (exact) mass is 458 g/mol. The lowest BCUT2D eigenvalue weighted by molar-refractivity contribution is -0.127. The van der Waals surface area contributed by atoms with Gasteiger partial charge in [-0.3, -0.25) is 4.79 Å². The lowest BCUT2D eigenvalue weighted by Crippen LogP contribution is -2.36. The van der Waals surface area contributed by atoms with Gasteiger partial charge >= 0.3 is 0 Å². The SMILES string of the molecule is N[C@@H](Cc1ccc(O)cc1)c1cn([C@@H](Cc2c[nH]c3ccccc23)C(=O)C2CCNCC2)nn1. The standard InChI is InChI=1S/C26H30N6O2/c27-22(13-17-5-7-20(33)8-6-17)24-16-32(31-30-24)25(26(34)18-9-11-28-12-10-18)14-19-15-29-23-4-2-1-3-21(19)23/h1-8,15-16,18,22,25,28-29,33H,9-14,27H2/t22-,25-/m0/s1. The van der Waals surface area contributed by atoms with Gasteiger partial charge < -0.3 is 21.1 Å². The van der Waals surface area contributed by atoms with Gasteiger partial charge in [-0.2, -0.15) is 0 Å². The van der Waals surface area contributed by atoms with E-state index in [1.807, 2.05) is 42.7 Å². The second-order valence-corrected chi connectivity index (χ2v) is 9.11. The average Bonchev–Trinajstić information content (AvgIpc) is 3.52. The van der Waals surface area contributed by atoms with E-state index in [9.17, 15) is 9.90 Å². The first kappa shape index (κ1) is 22.3. The second kappa shape index (κ2) is 9.79. The van der Waals surface area contributed by atoms with Crippen LogP contribution in [0, 0.1) is 5.92 Å². The molecule has 1 aliphatic rings. The fourth-order valence-corrected chi connectivity index (χ4v) is 4.81. The van der Waals surface area contributed by atoms with Gasteiger partial charge in [-0.25, -0.2) is 4.68 Å². The van der Waals surface area contributed by atoms with Crippen LogP contribution >= 0.6 is 0 Å². The number of piperidine rings is 1. The van der Waals surface area contributed by atoms with E-state index in [-0.39, 0.29) is 23.5 Å². The maximum atomic E-state index is 13.7. The van der Waals surface area contributed by atoms with Crippen molar-refractivity contribution < 1.29 is 9.90 Å². The molecule has 0 amide bonds. The van der Waals surface area contributed by atoms with Gasteiger partial charge in [0.1, 0.15) is 11.8 Å². The number of nitrogens with zero attached hydrogens (tertiary/aromatic N) is 3. The predicted octanol–water partition coefficient (Wildman–Crippen LogP) is 3.06. The fourth-order valence-electron chi connectivity index (χ4n) is 4.81. The van der Waals surface area contributed by atoms with Crippen molar-refractivity contribution in [2.45, 2.75) is 37.8 Å². The number of benzene rings is 2. The number of hydrogen-bond acceptors (Lipinski definition) is 6. The summed E-state index contributed by atoms with van der Waals surface area (Å²) in [5.41, 5.74) is 10.2. The maximum absolute atomic E-state index is 13.7. The van der Waals surface area contributed by atoms with Crippen LogP contribution in [0.1, 0.15) is 41.7 Å². The molecule has 0 bridgehead atoms. The minimum Gasteiger partial charge on any atom is -0.508 e. The summed E-state index contributed by atoms with van der Waals surface area (Å²) in [5.74, 6) is 0.435. The number of phenols is 1. The molecule has 8 nitrogen and oxygen atoms in total. The molecule has 4 aromatic rings. The molecule has 2 aromatic carbocycles. The van der Waals surface area contributed by atoms with Crippen LogP contribution in [0.4, 0.5) is 0 Å². The highest BCUT2D eigenvalue weighted by Gasteiger charge is 2.31. The minimum atomic E-state index is -0.440. The largest absolute Gasteiger partial charge is 0.508 e. The number of hydrogen-bond donors (Lipinski definition) is 4. The highest BCUT2D eigenvalue weighted by Crippen LogP contribution is 2.28. The Hall–Kier alpha value is -3.49. The first-order chi connectivity index (χ1) is 16.6. The molecule has 0 unspecified atom stereocenters. The van der Waals surface area contributed by atoms with Crippen molar-refractivity contribution in [1.82, 2.24) is 25.3 Å². The number of aromatic amines is 1. The zero-order chi connectivity index (χ0) is 23.5. The molecular formula is C26H30N6O2. The minimum absolute atomic E-state index is 0.00905. The number of carbonyl (C=O) groups is 1. The van der Waals surface area contributed by atoms with E-state index >= 15 is 0 Å². The number of nitrogens with one attached hydrogen (secondary N) is 2. The van der Waals surface area contributed by atoms with Crippen LogP contribution in [-0.2, 0) is 17.6 Å². The summed E-state index contributed by atoms with van der Waals surface area (Å²) >= 11 is 0. The van der Waals surface area contributed by atoms with Gasteiger partial charge in [-0.05, 0) is 61.7 Å². The summed E-state index contributed by atoms with van der Waals surface area (Å²) in [6, 6.07) is 14.3. The molecule has 34 heavy (non-hydrogen) atoms. The van der Waals surface area contributed by atoms with E-state index in [0.717, 1.165) is 48.0 Å². The first-order valence-corrected chi connectivity index (χ1v) is 11.8. The molecule has 1 aliphatic heterocycles. The van der Waals surface area contributed by atoms with Crippen molar-refractivity contribution in [3.63, 3.8) is 0 Å². The fraction of sp³-hybridized carbons (Fsp3) is 0.346. The number of para-hydroxylation sites is 1. The number of fused-ring (bicyclic) bond motifs is 1. The Bertz CT molecular complexity index is 1260. The molecule has 5 N–H and O–H groups in total. The summed E-state index contributed by atoms with van der Waals surface area (Å²) in [4.78, 5) is 17.0. The van der Waals surface area contributed by atoms with E-state index < -0.39 is 6.04 Å². The molecule has 2 atom stereocenters. The smallest absolute Gasteiger partial charge is 0.160 e. The van der Waals surface area contributed by atoms with E-state index in [0.29, 0.717) is 18.5 Å². The summed E-state index contributed by atoms with van der Waals surface area (Å²) in [7, 11) is 0. The first-order valence-electron chi connectivity index (χ1n) is 11.8. The predicted molar refractivity (Wildman–Crippen MR) is 130 cm³/mol. The Morgan fingerprint density at radius 1 is 1.12 bits per heavy atom. The summed E-state index contributed by atoms with van der Waals surface area (Å²) in [6.45, 7) is 1.71. The van der Waals surface area contributed by atoms with Gasteiger partial charge in [0.15, 0.2) is 5.78 Å². The highest BCUT2D eigenvalue weighted by atomic mass is 16.3. The number of carbonyl (C=O) groups excluding carboxylic acids is 1. The Morgan fingerprint density at radius 3 is 2.68 bits per heavy atom. The summed E-state index contributed by atoms with van der Waals surface area (Å²) in [5, 5.41) is 22.7. The van der Waals surface area contributed by atoms with Crippen molar-refractivity contribution in [3.05, 3.63) is 77.7 Å². The van der Waals surface area contributed by atoms with Crippen molar-refractivity contribution in [3.8, 4) is 5.75 Å². The van der Waals surface area contributed by atoms with Crippen LogP contribution in [-0.4, -0.2) is 44.0 Å². The molecule has 2 aromatic heterocycles. The Kier molecular flexibility index (Phi) is 6.42. The zero-order valence-electron chi connectivity index (χ0n) is 19.0. The third-order valence-corrected chi connectivity index (χ3v) is 6.78. The number of aromatic nitrogens is 4. The molecule has 0 saturated carbocycles. The molecule has 8 heteroatoms. The number of H-pyrrole nitrogens is 1. The summed E-state index contributed by atoms with van der Waals surface area (Å²) in [6.07, 6.45) is 6.60.